The van der Waals surface area contributed by atoms with Gasteiger partial charge in [-0.15, -0.1) is 0 Å². The first-order chi connectivity index (χ1) is 15.2. The Morgan fingerprint density at radius 2 is 1.55 bits per heavy atom. The van der Waals surface area contributed by atoms with E-state index in [2.05, 4.69) is 59.7 Å². The molecule has 5 heteroatoms. The van der Waals surface area contributed by atoms with E-state index in [9.17, 15) is 9.50 Å². The van der Waals surface area contributed by atoms with Crippen LogP contribution in [0.4, 0.5) is 4.39 Å². The van der Waals surface area contributed by atoms with Gasteiger partial charge < -0.3 is 19.1 Å². The molecule has 1 N–H and O–H groups in total. The van der Waals surface area contributed by atoms with Crippen LogP contribution in [0.3, 0.4) is 0 Å². The summed E-state index contributed by atoms with van der Waals surface area (Å²) in [6.45, 7) is 15.6. The highest BCUT2D eigenvalue weighted by Gasteiger charge is 2.24. The van der Waals surface area contributed by atoms with Crippen LogP contribution in [-0.2, 0) is 22.1 Å². The zero-order valence-electron chi connectivity index (χ0n) is 21.7. The van der Waals surface area contributed by atoms with Crippen LogP contribution in [0.1, 0.15) is 58.2 Å². The summed E-state index contributed by atoms with van der Waals surface area (Å²) in [5, 5.41) is 10.4. The minimum absolute atomic E-state index is 0.0261. The van der Waals surface area contributed by atoms with Gasteiger partial charge in [-0.05, 0) is 40.2 Å². The van der Waals surface area contributed by atoms with Crippen molar-refractivity contribution >= 4 is 0 Å². The van der Waals surface area contributed by atoms with Gasteiger partial charge in [0.2, 0.25) is 0 Å². The molecule has 0 amide bonds. The number of aliphatic hydroxyl groups excluding tert-OH is 1. The van der Waals surface area contributed by atoms with Crippen molar-refractivity contribution in [3.8, 4) is 5.75 Å². The SMILES string of the molecule is CC(C)(C)c1ccc(OCCOCC(O)C[N+](C)(C)Cc2ccc(F)cc2)c(C(C)(C)C)c1. The van der Waals surface area contributed by atoms with Crippen LogP contribution >= 0.6 is 0 Å². The highest BCUT2D eigenvalue weighted by molar-refractivity contribution is 5.43. The Morgan fingerprint density at radius 1 is 0.909 bits per heavy atom. The van der Waals surface area contributed by atoms with Gasteiger partial charge in [-0.3, -0.25) is 0 Å². The number of rotatable bonds is 10. The summed E-state index contributed by atoms with van der Waals surface area (Å²) in [4.78, 5) is 0. The first-order valence-electron chi connectivity index (χ1n) is 11.8. The van der Waals surface area contributed by atoms with E-state index in [-0.39, 0.29) is 23.3 Å². The molecule has 0 saturated heterocycles. The van der Waals surface area contributed by atoms with Crippen LogP contribution in [0.2, 0.25) is 0 Å². The lowest BCUT2D eigenvalue weighted by Gasteiger charge is -2.32. The largest absolute Gasteiger partial charge is 0.491 e. The molecule has 0 bridgehead atoms. The van der Waals surface area contributed by atoms with Crippen LogP contribution in [0.15, 0.2) is 42.5 Å². The molecule has 2 aromatic rings. The average Bonchev–Trinajstić information content (AvgIpc) is 2.67. The average molecular weight is 461 g/mol. The van der Waals surface area contributed by atoms with Gasteiger partial charge in [0, 0.05) is 5.56 Å². The van der Waals surface area contributed by atoms with Crippen molar-refractivity contribution in [1.29, 1.82) is 0 Å². The first kappa shape index (κ1) is 27.3. The second-order valence-corrected chi connectivity index (χ2v) is 11.7. The van der Waals surface area contributed by atoms with E-state index in [0.29, 0.717) is 30.8 Å². The predicted octanol–water partition coefficient (Wildman–Crippen LogP) is 5.45. The number of halogens is 1. The number of benzene rings is 2. The van der Waals surface area contributed by atoms with Crippen LogP contribution in [0, 0.1) is 5.82 Å². The van der Waals surface area contributed by atoms with Crippen molar-refractivity contribution in [2.24, 2.45) is 0 Å². The molecule has 0 saturated carbocycles. The molecule has 2 rings (SSSR count). The van der Waals surface area contributed by atoms with Gasteiger partial charge >= 0.3 is 0 Å². The van der Waals surface area contributed by atoms with E-state index in [1.165, 1.54) is 23.3 Å². The Kier molecular flexibility index (Phi) is 9.09. The normalized spacial score (nSPS) is 13.8. The summed E-state index contributed by atoms with van der Waals surface area (Å²) >= 11 is 0. The zero-order valence-corrected chi connectivity index (χ0v) is 21.7. The highest BCUT2D eigenvalue weighted by Crippen LogP contribution is 2.35. The van der Waals surface area contributed by atoms with Gasteiger partial charge in [-0.25, -0.2) is 4.39 Å². The summed E-state index contributed by atoms with van der Waals surface area (Å²) in [5.41, 5.74) is 3.58. The summed E-state index contributed by atoms with van der Waals surface area (Å²) < 4.78 is 25.5. The summed E-state index contributed by atoms with van der Waals surface area (Å²) in [5.74, 6) is 0.649. The van der Waals surface area contributed by atoms with E-state index in [1.54, 1.807) is 12.1 Å². The Labute approximate surface area is 199 Å². The molecule has 0 fully saturated rings. The second-order valence-electron chi connectivity index (χ2n) is 11.7. The van der Waals surface area contributed by atoms with E-state index in [1.807, 2.05) is 14.1 Å². The van der Waals surface area contributed by atoms with Crippen molar-refractivity contribution in [2.45, 2.75) is 65.0 Å². The molecule has 0 aliphatic carbocycles. The Hall–Kier alpha value is -1.95. The van der Waals surface area contributed by atoms with E-state index < -0.39 is 6.10 Å². The lowest BCUT2D eigenvalue weighted by molar-refractivity contribution is -0.906. The van der Waals surface area contributed by atoms with Crippen LogP contribution in [-0.4, -0.2) is 56.2 Å². The number of aliphatic hydroxyl groups is 1. The number of hydrogen-bond acceptors (Lipinski definition) is 3. The fourth-order valence-corrected chi connectivity index (χ4v) is 3.91. The maximum atomic E-state index is 13.1. The van der Waals surface area contributed by atoms with Gasteiger partial charge in [0.1, 0.15) is 37.4 Å². The van der Waals surface area contributed by atoms with Crippen molar-refractivity contribution < 1.29 is 23.5 Å². The van der Waals surface area contributed by atoms with E-state index >= 15 is 0 Å². The minimum atomic E-state index is -0.586. The standard InChI is InChI=1S/C28H43FNO3/c1-27(2,3)22-11-14-26(25(17-22)28(4,5)6)33-16-15-32-20-24(31)19-30(7,8)18-21-9-12-23(29)13-10-21/h9-14,17,24,31H,15-16,18-20H2,1-8H3/q+1. The molecule has 4 nitrogen and oxygen atoms in total. The monoisotopic (exact) mass is 460 g/mol. The molecule has 1 unspecified atom stereocenters. The third kappa shape index (κ3) is 9.07. The number of likely N-dealkylation sites (N-methyl/N-ethyl adjacent to an activating group) is 1. The smallest absolute Gasteiger partial charge is 0.126 e. The first-order valence-corrected chi connectivity index (χ1v) is 11.8. The number of hydrogen-bond donors (Lipinski definition) is 1. The van der Waals surface area contributed by atoms with Crippen molar-refractivity contribution in [1.82, 2.24) is 0 Å². The molecule has 0 radical (unpaired) electrons. The molecule has 1 atom stereocenters. The number of nitrogens with zero attached hydrogens (tertiary/aromatic N) is 1. The molecule has 184 valence electrons. The predicted molar refractivity (Wildman–Crippen MR) is 133 cm³/mol. The molecule has 0 spiro atoms. The van der Waals surface area contributed by atoms with Gasteiger partial charge in [-0.1, -0.05) is 65.8 Å². The fourth-order valence-electron chi connectivity index (χ4n) is 3.91. The molecule has 0 aromatic heterocycles. The quantitative estimate of drug-likeness (QED) is 0.378. The van der Waals surface area contributed by atoms with E-state index in [0.717, 1.165) is 11.3 Å². The number of quaternary nitrogens is 1. The highest BCUT2D eigenvalue weighted by atomic mass is 19.1. The van der Waals surface area contributed by atoms with Gasteiger partial charge in [0.15, 0.2) is 0 Å². The molecule has 2 aromatic carbocycles. The van der Waals surface area contributed by atoms with Crippen molar-refractivity contribution in [3.63, 3.8) is 0 Å². The van der Waals surface area contributed by atoms with Gasteiger partial charge in [0.25, 0.3) is 0 Å². The fraction of sp³-hybridized carbons (Fsp3) is 0.571. The molecule has 0 aliphatic rings. The maximum absolute atomic E-state index is 13.1. The van der Waals surface area contributed by atoms with Crippen LogP contribution < -0.4 is 4.74 Å². The topological polar surface area (TPSA) is 38.7 Å². The maximum Gasteiger partial charge on any atom is 0.126 e. The second kappa shape index (κ2) is 11.0. The summed E-state index contributed by atoms with van der Waals surface area (Å²) in [6.07, 6.45) is -0.586. The van der Waals surface area contributed by atoms with E-state index in [4.69, 9.17) is 9.47 Å². The van der Waals surface area contributed by atoms with Gasteiger partial charge in [-0.2, -0.15) is 0 Å². The number of ether oxygens (including phenoxy) is 2. The van der Waals surface area contributed by atoms with Crippen LogP contribution in [0.5, 0.6) is 5.75 Å². The van der Waals surface area contributed by atoms with Crippen molar-refractivity contribution in [3.05, 3.63) is 65.0 Å². The summed E-state index contributed by atoms with van der Waals surface area (Å²) in [7, 11) is 4.09. The minimum Gasteiger partial charge on any atom is -0.491 e. The lowest BCUT2D eigenvalue weighted by Crippen LogP contribution is -2.46. The third-order valence-corrected chi connectivity index (χ3v) is 5.68. The molecule has 33 heavy (non-hydrogen) atoms. The lowest BCUT2D eigenvalue weighted by atomic mass is 9.80. The third-order valence-electron chi connectivity index (χ3n) is 5.68. The van der Waals surface area contributed by atoms with Crippen molar-refractivity contribution in [2.75, 3.05) is 40.5 Å². The Bertz CT molecular complexity index is 879. The van der Waals surface area contributed by atoms with Gasteiger partial charge in [0.05, 0.1) is 27.3 Å². The molecular weight excluding hydrogens is 417 g/mol. The zero-order chi connectivity index (χ0) is 24.9. The Balaban J connectivity index is 1.82. The molecule has 0 heterocycles. The Morgan fingerprint density at radius 3 is 2.12 bits per heavy atom. The molecule has 0 aliphatic heterocycles. The summed E-state index contributed by atoms with van der Waals surface area (Å²) in [6, 6.07) is 13.0. The molecular formula is C28H43FNO3+. The van der Waals surface area contributed by atoms with Crippen LogP contribution in [0.25, 0.3) is 0 Å².